The number of aliphatic hydroxyl groups is 1. The molecular formula is C19H29N3O. The molecule has 0 fully saturated rings. The van der Waals surface area contributed by atoms with Crippen molar-refractivity contribution in [3.05, 3.63) is 52.6 Å². The number of aryl methyl sites for hydroxylation is 3. The fourth-order valence-corrected chi connectivity index (χ4v) is 2.90. The Hall–Kier alpha value is -1.65. The molecule has 2 aromatic rings. The second-order valence-electron chi connectivity index (χ2n) is 6.18. The number of aromatic amines is 1. The summed E-state index contributed by atoms with van der Waals surface area (Å²) in [6.45, 7) is 10.2. The van der Waals surface area contributed by atoms with Gasteiger partial charge in [-0.25, -0.2) is 4.98 Å². The van der Waals surface area contributed by atoms with E-state index in [0.717, 1.165) is 43.1 Å². The first-order valence-corrected chi connectivity index (χ1v) is 8.52. The quantitative estimate of drug-likeness (QED) is 0.785. The molecule has 23 heavy (non-hydrogen) atoms. The number of rotatable bonds is 8. The largest absolute Gasteiger partial charge is 0.395 e. The van der Waals surface area contributed by atoms with Crippen molar-refractivity contribution >= 4 is 0 Å². The minimum Gasteiger partial charge on any atom is -0.395 e. The SMILES string of the molecule is CCc1nc(CN(Cc2ccccc2C)C(CC)CO)c(C)[nH]1. The molecule has 0 saturated carbocycles. The fraction of sp³-hybridized carbons (Fsp3) is 0.526. The molecule has 0 saturated heterocycles. The van der Waals surface area contributed by atoms with Gasteiger partial charge in [-0.1, -0.05) is 38.1 Å². The van der Waals surface area contributed by atoms with Crippen molar-refractivity contribution in [3.63, 3.8) is 0 Å². The van der Waals surface area contributed by atoms with E-state index in [1.54, 1.807) is 0 Å². The maximum Gasteiger partial charge on any atom is 0.106 e. The van der Waals surface area contributed by atoms with Crippen LogP contribution in [0.15, 0.2) is 24.3 Å². The summed E-state index contributed by atoms with van der Waals surface area (Å²) in [7, 11) is 0. The van der Waals surface area contributed by atoms with E-state index in [4.69, 9.17) is 4.98 Å². The van der Waals surface area contributed by atoms with E-state index in [1.165, 1.54) is 11.1 Å². The molecule has 0 amide bonds. The van der Waals surface area contributed by atoms with Crippen LogP contribution >= 0.6 is 0 Å². The summed E-state index contributed by atoms with van der Waals surface area (Å²) in [6, 6.07) is 8.60. The molecule has 126 valence electrons. The Kier molecular flexibility index (Phi) is 6.37. The average Bonchev–Trinajstić information content (AvgIpc) is 2.91. The summed E-state index contributed by atoms with van der Waals surface area (Å²) in [5.41, 5.74) is 4.81. The summed E-state index contributed by atoms with van der Waals surface area (Å²) >= 11 is 0. The van der Waals surface area contributed by atoms with Crippen LogP contribution in [0.3, 0.4) is 0 Å². The van der Waals surface area contributed by atoms with Gasteiger partial charge in [0.1, 0.15) is 5.82 Å². The molecule has 4 nitrogen and oxygen atoms in total. The Labute approximate surface area is 139 Å². The molecule has 1 atom stereocenters. The lowest BCUT2D eigenvalue weighted by Gasteiger charge is -2.30. The minimum atomic E-state index is 0.149. The summed E-state index contributed by atoms with van der Waals surface area (Å²) in [5.74, 6) is 1.03. The third-order valence-corrected chi connectivity index (χ3v) is 4.56. The molecule has 1 aromatic heterocycles. The van der Waals surface area contributed by atoms with Crippen LogP contribution < -0.4 is 0 Å². The van der Waals surface area contributed by atoms with Gasteiger partial charge < -0.3 is 10.1 Å². The van der Waals surface area contributed by atoms with Crippen molar-refractivity contribution in [1.29, 1.82) is 0 Å². The third-order valence-electron chi connectivity index (χ3n) is 4.56. The Balaban J connectivity index is 2.23. The van der Waals surface area contributed by atoms with Crippen LogP contribution in [0.5, 0.6) is 0 Å². The average molecular weight is 315 g/mol. The molecule has 2 rings (SSSR count). The van der Waals surface area contributed by atoms with Gasteiger partial charge in [0.05, 0.1) is 12.3 Å². The number of nitrogens with one attached hydrogen (secondary N) is 1. The molecule has 0 aliphatic carbocycles. The predicted molar refractivity (Wildman–Crippen MR) is 94.3 cm³/mol. The maximum atomic E-state index is 9.77. The summed E-state index contributed by atoms with van der Waals surface area (Å²) in [4.78, 5) is 10.4. The Morgan fingerprint density at radius 1 is 1.17 bits per heavy atom. The second kappa shape index (κ2) is 8.27. The number of hydrogen-bond acceptors (Lipinski definition) is 3. The van der Waals surface area contributed by atoms with Gasteiger partial charge in [-0.05, 0) is 31.4 Å². The highest BCUT2D eigenvalue weighted by molar-refractivity contribution is 5.25. The van der Waals surface area contributed by atoms with Crippen LogP contribution in [0, 0.1) is 13.8 Å². The van der Waals surface area contributed by atoms with Crippen LogP contribution in [-0.2, 0) is 19.5 Å². The van der Waals surface area contributed by atoms with Gasteiger partial charge in [0.2, 0.25) is 0 Å². The lowest BCUT2D eigenvalue weighted by atomic mass is 10.1. The van der Waals surface area contributed by atoms with Crippen molar-refractivity contribution in [2.75, 3.05) is 6.61 Å². The predicted octanol–water partition coefficient (Wildman–Crippen LogP) is 3.36. The summed E-state index contributed by atoms with van der Waals surface area (Å²) in [6.07, 6.45) is 1.84. The number of H-pyrrole nitrogens is 1. The van der Waals surface area contributed by atoms with Crippen LogP contribution in [0.2, 0.25) is 0 Å². The second-order valence-corrected chi connectivity index (χ2v) is 6.18. The molecule has 1 unspecified atom stereocenters. The molecule has 0 aliphatic heterocycles. The van der Waals surface area contributed by atoms with Crippen LogP contribution in [0.1, 0.15) is 48.6 Å². The number of benzene rings is 1. The highest BCUT2D eigenvalue weighted by Crippen LogP contribution is 2.18. The highest BCUT2D eigenvalue weighted by atomic mass is 16.3. The van der Waals surface area contributed by atoms with Gasteiger partial charge in [-0.3, -0.25) is 4.90 Å². The molecule has 4 heteroatoms. The van der Waals surface area contributed by atoms with E-state index in [-0.39, 0.29) is 12.6 Å². The van der Waals surface area contributed by atoms with Crippen LogP contribution in [-0.4, -0.2) is 32.6 Å². The molecule has 0 aliphatic rings. The van der Waals surface area contributed by atoms with Crippen molar-refractivity contribution in [2.24, 2.45) is 0 Å². The van der Waals surface area contributed by atoms with E-state index in [1.807, 2.05) is 0 Å². The molecule has 0 radical (unpaired) electrons. The van der Waals surface area contributed by atoms with E-state index in [0.29, 0.717) is 0 Å². The minimum absolute atomic E-state index is 0.149. The van der Waals surface area contributed by atoms with Crippen LogP contribution in [0.4, 0.5) is 0 Å². The number of aliphatic hydroxyl groups excluding tert-OH is 1. The Morgan fingerprint density at radius 2 is 1.91 bits per heavy atom. The smallest absolute Gasteiger partial charge is 0.106 e. The lowest BCUT2D eigenvalue weighted by molar-refractivity contribution is 0.105. The number of hydrogen-bond donors (Lipinski definition) is 2. The zero-order valence-corrected chi connectivity index (χ0v) is 14.8. The van der Waals surface area contributed by atoms with Crippen molar-refractivity contribution < 1.29 is 5.11 Å². The number of imidazole rings is 1. The summed E-state index contributed by atoms with van der Waals surface area (Å²) in [5, 5.41) is 9.77. The topological polar surface area (TPSA) is 52.1 Å². The third kappa shape index (κ3) is 4.43. The molecular weight excluding hydrogens is 286 g/mol. The maximum absolute atomic E-state index is 9.77. The molecule has 1 heterocycles. The monoisotopic (exact) mass is 315 g/mol. The highest BCUT2D eigenvalue weighted by Gasteiger charge is 2.20. The van der Waals surface area contributed by atoms with Gasteiger partial charge in [-0.15, -0.1) is 0 Å². The van der Waals surface area contributed by atoms with Gasteiger partial charge in [0.15, 0.2) is 0 Å². The number of nitrogens with zero attached hydrogens (tertiary/aromatic N) is 2. The van der Waals surface area contributed by atoms with Crippen molar-refractivity contribution in [1.82, 2.24) is 14.9 Å². The summed E-state index contributed by atoms with van der Waals surface area (Å²) < 4.78 is 0. The first-order valence-electron chi connectivity index (χ1n) is 8.52. The molecule has 0 bridgehead atoms. The Bertz CT molecular complexity index is 617. The molecule has 0 spiro atoms. The van der Waals surface area contributed by atoms with Gasteiger partial charge >= 0.3 is 0 Å². The zero-order chi connectivity index (χ0) is 16.8. The van der Waals surface area contributed by atoms with E-state index < -0.39 is 0 Å². The Morgan fingerprint density at radius 3 is 2.48 bits per heavy atom. The van der Waals surface area contributed by atoms with E-state index in [9.17, 15) is 5.11 Å². The molecule has 1 aromatic carbocycles. The lowest BCUT2D eigenvalue weighted by Crippen LogP contribution is -2.37. The molecule has 2 N–H and O–H groups in total. The normalized spacial score (nSPS) is 12.8. The first kappa shape index (κ1) is 17.7. The van der Waals surface area contributed by atoms with E-state index >= 15 is 0 Å². The van der Waals surface area contributed by atoms with Crippen LogP contribution in [0.25, 0.3) is 0 Å². The standard InChI is InChI=1S/C19H29N3O/c1-5-17(13-23)22(11-16-10-8-7-9-14(16)3)12-18-15(4)20-19(6-2)21-18/h7-10,17,23H,5-6,11-13H2,1-4H3,(H,20,21). The van der Waals surface area contributed by atoms with Crippen molar-refractivity contribution in [3.8, 4) is 0 Å². The fourth-order valence-electron chi connectivity index (χ4n) is 2.90. The van der Waals surface area contributed by atoms with Gasteiger partial charge in [0.25, 0.3) is 0 Å². The van der Waals surface area contributed by atoms with E-state index in [2.05, 4.69) is 61.8 Å². The zero-order valence-electron chi connectivity index (χ0n) is 14.8. The van der Waals surface area contributed by atoms with Gasteiger partial charge in [-0.2, -0.15) is 0 Å². The number of aromatic nitrogens is 2. The van der Waals surface area contributed by atoms with Gasteiger partial charge in [0, 0.05) is 31.2 Å². The van der Waals surface area contributed by atoms with Crippen molar-refractivity contribution in [2.45, 2.75) is 59.7 Å². The first-order chi connectivity index (χ1) is 11.1.